The highest BCUT2D eigenvalue weighted by Gasteiger charge is 2.25. The zero-order valence-corrected chi connectivity index (χ0v) is 19.4. The highest BCUT2D eigenvalue weighted by Crippen LogP contribution is 2.22. The van der Waals surface area contributed by atoms with E-state index in [1.807, 2.05) is 52.3 Å². The van der Waals surface area contributed by atoms with E-state index in [2.05, 4.69) is 29.2 Å². The van der Waals surface area contributed by atoms with E-state index in [1.165, 1.54) is 5.56 Å². The van der Waals surface area contributed by atoms with Crippen LogP contribution in [0.1, 0.15) is 36.8 Å². The van der Waals surface area contributed by atoms with Gasteiger partial charge in [-0.25, -0.2) is 0 Å². The van der Waals surface area contributed by atoms with Crippen molar-refractivity contribution >= 4 is 17.9 Å². The van der Waals surface area contributed by atoms with Gasteiger partial charge in [-0.1, -0.05) is 60.7 Å². The molecule has 4 rings (SSSR count). The van der Waals surface area contributed by atoms with E-state index >= 15 is 0 Å². The summed E-state index contributed by atoms with van der Waals surface area (Å²) in [4.78, 5) is 31.8. The molecule has 33 heavy (non-hydrogen) atoms. The molecule has 2 heterocycles. The van der Waals surface area contributed by atoms with Crippen LogP contribution in [0.3, 0.4) is 0 Å². The van der Waals surface area contributed by atoms with E-state index in [0.717, 1.165) is 70.6 Å². The number of carbonyl (C=O) groups excluding carboxylic acids is 2. The van der Waals surface area contributed by atoms with Gasteiger partial charge in [0.1, 0.15) is 0 Å². The minimum absolute atomic E-state index is 0.0735. The summed E-state index contributed by atoms with van der Waals surface area (Å²) in [5.74, 6) is 0.752. The molecule has 2 aliphatic heterocycles. The molecule has 2 aromatic rings. The molecular formula is C28H35N3O2. The van der Waals surface area contributed by atoms with Crippen molar-refractivity contribution in [2.75, 3.05) is 39.3 Å². The molecule has 5 nitrogen and oxygen atoms in total. The average molecular weight is 446 g/mol. The lowest BCUT2D eigenvalue weighted by Gasteiger charge is -2.36. The van der Waals surface area contributed by atoms with Gasteiger partial charge in [0, 0.05) is 58.3 Å². The summed E-state index contributed by atoms with van der Waals surface area (Å²) in [6, 6.07) is 20.4. The number of carbonyl (C=O) groups is 2. The predicted molar refractivity (Wildman–Crippen MR) is 132 cm³/mol. The maximum atomic E-state index is 12.8. The summed E-state index contributed by atoms with van der Waals surface area (Å²) in [6.07, 6.45) is 7.14. The van der Waals surface area contributed by atoms with Crippen molar-refractivity contribution in [2.24, 2.45) is 5.92 Å². The van der Waals surface area contributed by atoms with Gasteiger partial charge < -0.3 is 9.80 Å². The SMILES string of the molecule is O=C(C=Cc1ccccc1)N1CCCC(CCC(=O)N2CCN(Cc3ccccc3)CC2)C1. The quantitative estimate of drug-likeness (QED) is 0.604. The molecule has 2 saturated heterocycles. The molecule has 174 valence electrons. The summed E-state index contributed by atoms with van der Waals surface area (Å²) in [6.45, 7) is 6.01. The topological polar surface area (TPSA) is 43.9 Å². The van der Waals surface area contributed by atoms with Gasteiger partial charge in [0.15, 0.2) is 0 Å². The molecule has 0 aliphatic carbocycles. The Kier molecular flexibility index (Phi) is 8.31. The molecule has 1 atom stereocenters. The normalized spacial score (nSPS) is 19.7. The van der Waals surface area contributed by atoms with Gasteiger partial charge in [0.2, 0.25) is 11.8 Å². The number of piperidine rings is 1. The zero-order chi connectivity index (χ0) is 22.9. The molecule has 1 unspecified atom stereocenters. The van der Waals surface area contributed by atoms with Crippen LogP contribution in [-0.2, 0) is 16.1 Å². The third-order valence-corrected chi connectivity index (χ3v) is 6.79. The van der Waals surface area contributed by atoms with Crippen molar-refractivity contribution in [3.63, 3.8) is 0 Å². The minimum atomic E-state index is 0.0735. The maximum Gasteiger partial charge on any atom is 0.246 e. The number of rotatable bonds is 7. The van der Waals surface area contributed by atoms with Crippen molar-refractivity contribution in [2.45, 2.75) is 32.2 Å². The minimum Gasteiger partial charge on any atom is -0.340 e. The Morgan fingerprint density at radius 2 is 1.55 bits per heavy atom. The van der Waals surface area contributed by atoms with Crippen molar-refractivity contribution in [3.8, 4) is 0 Å². The number of likely N-dealkylation sites (tertiary alicyclic amines) is 1. The van der Waals surface area contributed by atoms with Gasteiger partial charge in [-0.2, -0.15) is 0 Å². The Morgan fingerprint density at radius 3 is 2.27 bits per heavy atom. The van der Waals surface area contributed by atoms with Crippen molar-refractivity contribution in [3.05, 3.63) is 77.9 Å². The Hall–Kier alpha value is -2.92. The van der Waals surface area contributed by atoms with E-state index in [-0.39, 0.29) is 11.8 Å². The third-order valence-electron chi connectivity index (χ3n) is 6.79. The van der Waals surface area contributed by atoms with Gasteiger partial charge in [-0.05, 0) is 42.4 Å². The number of amides is 2. The van der Waals surface area contributed by atoms with Gasteiger partial charge in [-0.3, -0.25) is 14.5 Å². The van der Waals surface area contributed by atoms with Gasteiger partial charge in [-0.15, -0.1) is 0 Å². The van der Waals surface area contributed by atoms with Gasteiger partial charge in [0.05, 0.1) is 0 Å². The number of benzene rings is 2. The lowest BCUT2D eigenvalue weighted by atomic mass is 9.93. The fraction of sp³-hybridized carbons (Fsp3) is 0.429. The first-order valence-electron chi connectivity index (χ1n) is 12.2. The molecule has 0 radical (unpaired) electrons. The Balaban J connectivity index is 1.18. The first-order valence-corrected chi connectivity index (χ1v) is 12.2. The van der Waals surface area contributed by atoms with Crippen molar-refractivity contribution in [1.29, 1.82) is 0 Å². The first-order chi connectivity index (χ1) is 16.2. The lowest BCUT2D eigenvalue weighted by molar-refractivity contribution is -0.133. The van der Waals surface area contributed by atoms with Crippen LogP contribution in [0.15, 0.2) is 66.7 Å². The van der Waals surface area contributed by atoms with Crippen LogP contribution < -0.4 is 0 Å². The molecule has 5 heteroatoms. The molecular weight excluding hydrogens is 410 g/mol. The highest BCUT2D eigenvalue weighted by molar-refractivity contribution is 5.91. The van der Waals surface area contributed by atoms with Crippen LogP contribution in [-0.4, -0.2) is 65.8 Å². The Bertz CT molecular complexity index is 921. The fourth-order valence-corrected chi connectivity index (χ4v) is 4.82. The average Bonchev–Trinajstić information content (AvgIpc) is 2.88. The molecule has 2 aromatic carbocycles. The third kappa shape index (κ3) is 7.03. The largest absolute Gasteiger partial charge is 0.340 e. The summed E-state index contributed by atoms with van der Waals surface area (Å²) in [5.41, 5.74) is 2.36. The lowest BCUT2D eigenvalue weighted by Crippen LogP contribution is -2.48. The van der Waals surface area contributed by atoms with Crippen LogP contribution in [0.25, 0.3) is 6.08 Å². The summed E-state index contributed by atoms with van der Waals surface area (Å²) in [7, 11) is 0. The fourth-order valence-electron chi connectivity index (χ4n) is 4.82. The van der Waals surface area contributed by atoms with Crippen molar-refractivity contribution < 1.29 is 9.59 Å². The Morgan fingerprint density at radius 1 is 0.848 bits per heavy atom. The molecule has 0 bridgehead atoms. The second-order valence-electron chi connectivity index (χ2n) is 9.22. The van der Waals surface area contributed by atoms with E-state index in [9.17, 15) is 9.59 Å². The molecule has 0 aromatic heterocycles. The second kappa shape index (κ2) is 11.8. The van der Waals surface area contributed by atoms with Crippen molar-refractivity contribution in [1.82, 2.24) is 14.7 Å². The Labute approximate surface area is 197 Å². The maximum absolute atomic E-state index is 12.8. The highest BCUT2D eigenvalue weighted by atomic mass is 16.2. The standard InChI is InChI=1S/C28H35N3O2/c32-27(30-20-18-29(19-21-30)22-25-10-5-2-6-11-25)16-14-26-12-7-17-31(23-26)28(33)15-13-24-8-3-1-4-9-24/h1-6,8-11,13,15,26H,7,12,14,16-23H2. The molecule has 0 spiro atoms. The molecule has 2 amide bonds. The van der Waals surface area contributed by atoms with Crippen LogP contribution >= 0.6 is 0 Å². The van der Waals surface area contributed by atoms with E-state index in [0.29, 0.717) is 12.3 Å². The number of piperazine rings is 1. The van der Waals surface area contributed by atoms with E-state index in [1.54, 1.807) is 6.08 Å². The van der Waals surface area contributed by atoms with Gasteiger partial charge >= 0.3 is 0 Å². The van der Waals surface area contributed by atoms with Crippen LogP contribution in [0.5, 0.6) is 0 Å². The monoisotopic (exact) mass is 445 g/mol. The predicted octanol–water partition coefficient (Wildman–Crippen LogP) is 4.06. The first kappa shape index (κ1) is 23.2. The molecule has 2 fully saturated rings. The van der Waals surface area contributed by atoms with Crippen LogP contribution in [0.2, 0.25) is 0 Å². The zero-order valence-electron chi connectivity index (χ0n) is 19.4. The summed E-state index contributed by atoms with van der Waals surface area (Å²) >= 11 is 0. The summed E-state index contributed by atoms with van der Waals surface area (Å²) < 4.78 is 0. The number of nitrogens with zero attached hydrogens (tertiary/aromatic N) is 3. The second-order valence-corrected chi connectivity index (χ2v) is 9.22. The number of hydrogen-bond donors (Lipinski definition) is 0. The summed E-state index contributed by atoms with van der Waals surface area (Å²) in [5, 5.41) is 0. The van der Waals surface area contributed by atoms with Crippen LogP contribution in [0.4, 0.5) is 0 Å². The molecule has 2 aliphatic rings. The molecule has 0 saturated carbocycles. The van der Waals surface area contributed by atoms with Gasteiger partial charge in [0.25, 0.3) is 0 Å². The number of hydrogen-bond acceptors (Lipinski definition) is 3. The smallest absolute Gasteiger partial charge is 0.246 e. The van der Waals surface area contributed by atoms with Crippen LogP contribution in [0, 0.1) is 5.92 Å². The molecule has 0 N–H and O–H groups in total. The van der Waals surface area contributed by atoms with E-state index < -0.39 is 0 Å². The van der Waals surface area contributed by atoms with E-state index in [4.69, 9.17) is 0 Å².